The molecule has 1 N–H and O–H groups in total. The van der Waals surface area contributed by atoms with Crippen LogP contribution >= 0.6 is 0 Å². The summed E-state index contributed by atoms with van der Waals surface area (Å²) in [6.45, 7) is 2.20. The molecule has 1 aliphatic carbocycles. The molecule has 1 saturated carbocycles. The van der Waals surface area contributed by atoms with Gasteiger partial charge in [0.15, 0.2) is 0 Å². The minimum atomic E-state index is -0.940. The van der Waals surface area contributed by atoms with Gasteiger partial charge in [-0.05, 0) is 18.8 Å². The highest BCUT2D eigenvalue weighted by Crippen LogP contribution is 2.36. The van der Waals surface area contributed by atoms with Gasteiger partial charge < -0.3 is 9.63 Å². The van der Waals surface area contributed by atoms with Crippen LogP contribution in [0.5, 0.6) is 0 Å². The van der Waals surface area contributed by atoms with Crippen molar-refractivity contribution in [2.24, 2.45) is 5.92 Å². The van der Waals surface area contributed by atoms with E-state index in [4.69, 9.17) is 9.63 Å². The van der Waals surface area contributed by atoms with Crippen molar-refractivity contribution in [1.82, 2.24) is 5.16 Å². The summed E-state index contributed by atoms with van der Waals surface area (Å²) in [5, 5.41) is 12.8. The fourth-order valence-electron chi connectivity index (χ4n) is 2.38. The first kappa shape index (κ1) is 10.2. The van der Waals surface area contributed by atoms with Gasteiger partial charge in [-0.3, -0.25) is 0 Å². The Morgan fingerprint density at radius 1 is 1.60 bits per heavy atom. The van der Waals surface area contributed by atoms with Gasteiger partial charge in [0, 0.05) is 5.92 Å². The van der Waals surface area contributed by atoms with Crippen LogP contribution in [0, 0.1) is 5.92 Å². The average Bonchev–Trinajstić information content (AvgIpc) is 2.65. The second-order valence-electron chi connectivity index (χ2n) is 4.39. The van der Waals surface area contributed by atoms with Crippen molar-refractivity contribution in [1.29, 1.82) is 0 Å². The molecule has 15 heavy (non-hydrogen) atoms. The molecule has 0 amide bonds. The van der Waals surface area contributed by atoms with E-state index in [2.05, 4.69) is 12.1 Å². The monoisotopic (exact) mass is 209 g/mol. The maximum atomic E-state index is 10.9. The van der Waals surface area contributed by atoms with Crippen LogP contribution in [0.15, 0.2) is 10.8 Å². The summed E-state index contributed by atoms with van der Waals surface area (Å²) in [6.07, 6.45) is 5.66. The van der Waals surface area contributed by atoms with Gasteiger partial charge in [-0.1, -0.05) is 24.9 Å². The van der Waals surface area contributed by atoms with E-state index in [0.717, 1.165) is 19.3 Å². The van der Waals surface area contributed by atoms with Gasteiger partial charge in [0.05, 0.1) is 0 Å². The van der Waals surface area contributed by atoms with Crippen molar-refractivity contribution in [3.8, 4) is 0 Å². The van der Waals surface area contributed by atoms with Crippen LogP contribution in [0.1, 0.15) is 54.6 Å². The van der Waals surface area contributed by atoms with Crippen molar-refractivity contribution in [3.63, 3.8) is 0 Å². The molecule has 0 saturated heterocycles. The van der Waals surface area contributed by atoms with Crippen molar-refractivity contribution >= 4 is 5.97 Å². The Balaban J connectivity index is 2.21. The summed E-state index contributed by atoms with van der Waals surface area (Å²) in [5.41, 5.74) is 0.864. The lowest BCUT2D eigenvalue weighted by Crippen LogP contribution is -2.14. The smallest absolute Gasteiger partial charge is 0.340 e. The Hall–Kier alpha value is -1.32. The van der Waals surface area contributed by atoms with E-state index in [0.29, 0.717) is 11.6 Å². The Kier molecular flexibility index (Phi) is 2.75. The van der Waals surface area contributed by atoms with E-state index in [-0.39, 0.29) is 11.5 Å². The molecule has 1 aromatic heterocycles. The minimum Gasteiger partial charge on any atom is -0.478 e. The third-order valence-electron chi connectivity index (χ3n) is 3.15. The second kappa shape index (κ2) is 4.04. The number of rotatable bonds is 2. The summed E-state index contributed by atoms with van der Waals surface area (Å²) in [5.74, 6) is -0.0230. The van der Waals surface area contributed by atoms with E-state index in [9.17, 15) is 4.79 Å². The number of carboxylic acids is 1. The van der Waals surface area contributed by atoms with Gasteiger partial charge in [0.25, 0.3) is 0 Å². The molecule has 0 spiro atoms. The van der Waals surface area contributed by atoms with Crippen LogP contribution in [-0.2, 0) is 0 Å². The molecule has 1 heterocycles. The maximum absolute atomic E-state index is 10.9. The number of aromatic nitrogens is 1. The maximum Gasteiger partial charge on any atom is 0.340 e. The van der Waals surface area contributed by atoms with Crippen LogP contribution in [0.4, 0.5) is 0 Å². The zero-order valence-corrected chi connectivity index (χ0v) is 8.77. The second-order valence-corrected chi connectivity index (χ2v) is 4.39. The van der Waals surface area contributed by atoms with E-state index in [1.807, 2.05) is 0 Å². The summed E-state index contributed by atoms with van der Waals surface area (Å²) in [7, 11) is 0. The number of aromatic carboxylic acids is 1. The Morgan fingerprint density at radius 3 is 3.07 bits per heavy atom. The Morgan fingerprint density at radius 2 is 2.40 bits per heavy atom. The van der Waals surface area contributed by atoms with E-state index in [1.54, 1.807) is 0 Å². The predicted molar refractivity (Wildman–Crippen MR) is 53.8 cm³/mol. The molecule has 1 fully saturated rings. The SMILES string of the molecule is C[C@@H]1CCC[C@H](c2nocc2C(=O)O)C1. The molecule has 0 aromatic carbocycles. The Bertz CT molecular complexity index is 358. The molecule has 0 aliphatic heterocycles. The highest BCUT2D eigenvalue weighted by molar-refractivity contribution is 5.88. The molecule has 0 radical (unpaired) electrons. The molecular formula is C11H15NO3. The molecule has 2 rings (SSSR count). The largest absolute Gasteiger partial charge is 0.478 e. The number of nitrogens with zero attached hydrogens (tertiary/aromatic N) is 1. The first-order valence-corrected chi connectivity index (χ1v) is 5.36. The van der Waals surface area contributed by atoms with E-state index >= 15 is 0 Å². The van der Waals surface area contributed by atoms with Gasteiger partial charge in [-0.25, -0.2) is 4.79 Å². The summed E-state index contributed by atoms with van der Waals surface area (Å²) in [4.78, 5) is 10.9. The average molecular weight is 209 g/mol. The van der Waals surface area contributed by atoms with E-state index in [1.165, 1.54) is 12.7 Å². The fraction of sp³-hybridized carbons (Fsp3) is 0.636. The minimum absolute atomic E-state index is 0.231. The number of hydrogen-bond donors (Lipinski definition) is 1. The molecule has 0 unspecified atom stereocenters. The molecule has 4 nitrogen and oxygen atoms in total. The normalized spacial score (nSPS) is 26.5. The van der Waals surface area contributed by atoms with Crippen LogP contribution in [0.3, 0.4) is 0 Å². The van der Waals surface area contributed by atoms with Gasteiger partial charge in [-0.2, -0.15) is 0 Å². The summed E-state index contributed by atoms with van der Waals surface area (Å²) >= 11 is 0. The third kappa shape index (κ3) is 2.03. The van der Waals surface area contributed by atoms with Crippen molar-refractivity contribution in [2.75, 3.05) is 0 Å². The lowest BCUT2D eigenvalue weighted by Gasteiger charge is -2.25. The van der Waals surface area contributed by atoms with Crippen LogP contribution in [0.25, 0.3) is 0 Å². The summed E-state index contributed by atoms with van der Waals surface area (Å²) < 4.78 is 4.76. The highest BCUT2D eigenvalue weighted by atomic mass is 16.5. The van der Waals surface area contributed by atoms with Crippen LogP contribution < -0.4 is 0 Å². The molecule has 0 bridgehead atoms. The first-order chi connectivity index (χ1) is 7.18. The van der Waals surface area contributed by atoms with Crippen molar-refractivity contribution in [2.45, 2.75) is 38.5 Å². The molecule has 4 heteroatoms. The summed E-state index contributed by atoms with van der Waals surface area (Å²) in [6, 6.07) is 0. The van der Waals surface area contributed by atoms with E-state index < -0.39 is 5.97 Å². The number of carbonyl (C=O) groups is 1. The zero-order valence-electron chi connectivity index (χ0n) is 8.77. The number of carboxylic acid groups (broad SMARTS) is 1. The van der Waals surface area contributed by atoms with Gasteiger partial charge >= 0.3 is 5.97 Å². The van der Waals surface area contributed by atoms with Crippen molar-refractivity contribution < 1.29 is 14.4 Å². The lowest BCUT2D eigenvalue weighted by molar-refractivity contribution is 0.0694. The molecule has 1 aliphatic rings. The van der Waals surface area contributed by atoms with Crippen molar-refractivity contribution in [3.05, 3.63) is 17.5 Å². The van der Waals surface area contributed by atoms with Gasteiger partial charge in [0.2, 0.25) is 0 Å². The molecule has 82 valence electrons. The fourth-order valence-corrected chi connectivity index (χ4v) is 2.38. The standard InChI is InChI=1S/C11H15NO3/c1-7-3-2-4-8(5-7)10-9(11(13)14)6-15-12-10/h6-8H,2-5H2,1H3,(H,13,14)/t7-,8+/m1/s1. The predicted octanol–water partition coefficient (Wildman–Crippen LogP) is 2.67. The topological polar surface area (TPSA) is 63.3 Å². The van der Waals surface area contributed by atoms with Crippen LogP contribution in [0.2, 0.25) is 0 Å². The first-order valence-electron chi connectivity index (χ1n) is 5.36. The quantitative estimate of drug-likeness (QED) is 0.813. The van der Waals surface area contributed by atoms with Gasteiger partial charge in [-0.15, -0.1) is 0 Å². The third-order valence-corrected chi connectivity index (χ3v) is 3.15. The Labute approximate surface area is 88.3 Å². The van der Waals surface area contributed by atoms with Gasteiger partial charge in [0.1, 0.15) is 17.5 Å². The zero-order chi connectivity index (χ0) is 10.8. The molecular weight excluding hydrogens is 194 g/mol. The molecule has 1 aromatic rings. The highest BCUT2D eigenvalue weighted by Gasteiger charge is 2.27. The van der Waals surface area contributed by atoms with Crippen LogP contribution in [-0.4, -0.2) is 16.2 Å². The molecule has 2 atom stereocenters. The number of hydrogen-bond acceptors (Lipinski definition) is 3. The lowest BCUT2D eigenvalue weighted by atomic mass is 9.80.